The van der Waals surface area contributed by atoms with Crippen LogP contribution in [0.1, 0.15) is 53.9 Å². The van der Waals surface area contributed by atoms with E-state index in [0.717, 1.165) is 18.5 Å². The van der Waals surface area contributed by atoms with Crippen molar-refractivity contribution in [1.82, 2.24) is 9.80 Å². The monoisotopic (exact) mass is 281 g/mol. The molecule has 0 radical (unpaired) electrons. The molecule has 3 nitrogen and oxygen atoms in total. The number of nitrogens with two attached hydrogens (primary N) is 1. The maximum atomic E-state index is 6.29. The molecule has 3 atom stereocenters. The van der Waals surface area contributed by atoms with Crippen molar-refractivity contribution in [3.63, 3.8) is 0 Å². The van der Waals surface area contributed by atoms with Crippen molar-refractivity contribution in [3.05, 3.63) is 0 Å². The van der Waals surface area contributed by atoms with Crippen molar-refractivity contribution in [2.24, 2.45) is 17.1 Å². The Morgan fingerprint density at radius 2 is 1.90 bits per heavy atom. The average molecular weight is 281 g/mol. The fraction of sp³-hybridized carbons (Fsp3) is 1.00. The van der Waals surface area contributed by atoms with E-state index in [-0.39, 0.29) is 5.54 Å². The van der Waals surface area contributed by atoms with Gasteiger partial charge in [-0.25, -0.2) is 0 Å². The first kappa shape index (κ1) is 16.3. The number of nitrogens with zero attached hydrogens (tertiary/aromatic N) is 2. The fourth-order valence-electron chi connectivity index (χ4n) is 5.10. The summed E-state index contributed by atoms with van der Waals surface area (Å²) >= 11 is 0. The van der Waals surface area contributed by atoms with Gasteiger partial charge in [0.2, 0.25) is 0 Å². The van der Waals surface area contributed by atoms with Crippen LogP contribution in [0.3, 0.4) is 0 Å². The van der Waals surface area contributed by atoms with Crippen molar-refractivity contribution in [2.45, 2.75) is 65.5 Å². The molecule has 118 valence electrons. The summed E-state index contributed by atoms with van der Waals surface area (Å²) in [6, 6.07) is 0.740. The Balaban J connectivity index is 2.11. The van der Waals surface area contributed by atoms with Gasteiger partial charge in [-0.15, -0.1) is 0 Å². The molecule has 0 aromatic rings. The van der Waals surface area contributed by atoms with Crippen molar-refractivity contribution in [2.75, 3.05) is 32.7 Å². The quantitative estimate of drug-likeness (QED) is 0.840. The second-order valence-electron chi connectivity index (χ2n) is 7.86. The molecule has 0 bridgehead atoms. The summed E-state index contributed by atoms with van der Waals surface area (Å²) in [7, 11) is 0. The second kappa shape index (κ2) is 5.94. The van der Waals surface area contributed by atoms with E-state index in [1.54, 1.807) is 0 Å². The lowest BCUT2D eigenvalue weighted by Crippen LogP contribution is -2.56. The van der Waals surface area contributed by atoms with Crippen LogP contribution in [0, 0.1) is 11.3 Å². The zero-order chi connectivity index (χ0) is 15.0. The largest absolute Gasteiger partial charge is 0.329 e. The van der Waals surface area contributed by atoms with Gasteiger partial charge in [-0.1, -0.05) is 34.6 Å². The van der Waals surface area contributed by atoms with E-state index >= 15 is 0 Å². The molecule has 2 N–H and O–H groups in total. The van der Waals surface area contributed by atoms with E-state index in [4.69, 9.17) is 5.73 Å². The van der Waals surface area contributed by atoms with Crippen molar-refractivity contribution in [1.29, 1.82) is 0 Å². The summed E-state index contributed by atoms with van der Waals surface area (Å²) in [6.45, 7) is 17.4. The Labute approximate surface area is 125 Å². The Bertz CT molecular complexity index is 324. The number of likely N-dealkylation sites (tertiary alicyclic amines) is 1. The molecule has 2 fully saturated rings. The molecule has 0 spiro atoms. The highest BCUT2D eigenvalue weighted by Gasteiger charge is 2.52. The minimum atomic E-state index is 0.255. The van der Waals surface area contributed by atoms with Gasteiger partial charge in [0, 0.05) is 31.2 Å². The number of rotatable bonds is 5. The van der Waals surface area contributed by atoms with Crippen molar-refractivity contribution < 1.29 is 0 Å². The maximum absolute atomic E-state index is 6.29. The van der Waals surface area contributed by atoms with E-state index < -0.39 is 0 Å². The number of likely N-dealkylation sites (N-methyl/N-ethyl adjacent to an activating group) is 1. The highest BCUT2D eigenvalue weighted by atomic mass is 15.3. The molecular formula is C17H35N3. The van der Waals surface area contributed by atoms with Crippen LogP contribution in [0.25, 0.3) is 0 Å². The highest BCUT2D eigenvalue weighted by Crippen LogP contribution is 2.50. The highest BCUT2D eigenvalue weighted by molar-refractivity contribution is 5.08. The number of hydrogen-bond donors (Lipinski definition) is 1. The van der Waals surface area contributed by atoms with Gasteiger partial charge in [-0.3, -0.25) is 9.80 Å². The van der Waals surface area contributed by atoms with Gasteiger partial charge in [0.15, 0.2) is 0 Å². The molecule has 2 aliphatic rings. The zero-order valence-corrected chi connectivity index (χ0v) is 14.3. The molecule has 1 heterocycles. The molecule has 0 amide bonds. The van der Waals surface area contributed by atoms with E-state index in [1.807, 2.05) is 0 Å². The third-order valence-electron chi connectivity index (χ3n) is 6.04. The molecule has 0 aromatic heterocycles. The summed E-state index contributed by atoms with van der Waals surface area (Å²) in [5.74, 6) is 0.720. The van der Waals surface area contributed by atoms with Crippen LogP contribution in [-0.2, 0) is 0 Å². The summed E-state index contributed by atoms with van der Waals surface area (Å²) in [5.41, 5.74) is 7.00. The van der Waals surface area contributed by atoms with E-state index in [9.17, 15) is 0 Å². The first-order valence-corrected chi connectivity index (χ1v) is 8.57. The molecular weight excluding hydrogens is 246 g/mol. The van der Waals surface area contributed by atoms with Gasteiger partial charge < -0.3 is 5.73 Å². The molecule has 1 aliphatic carbocycles. The first-order valence-electron chi connectivity index (χ1n) is 8.57. The second-order valence-corrected chi connectivity index (χ2v) is 7.86. The van der Waals surface area contributed by atoms with Crippen LogP contribution in [0.4, 0.5) is 0 Å². The Morgan fingerprint density at radius 3 is 2.35 bits per heavy atom. The van der Waals surface area contributed by atoms with Crippen LogP contribution in [0.2, 0.25) is 0 Å². The first-order chi connectivity index (χ1) is 9.38. The minimum Gasteiger partial charge on any atom is -0.329 e. The van der Waals surface area contributed by atoms with E-state index in [2.05, 4.69) is 44.4 Å². The Hall–Kier alpha value is -0.120. The summed E-state index contributed by atoms with van der Waals surface area (Å²) < 4.78 is 0. The van der Waals surface area contributed by atoms with Gasteiger partial charge in [-0.2, -0.15) is 0 Å². The standard InChI is InChI=1S/C17H35N3/c1-6-19(7-2)15-8-9-20(11-15)17(13-18)12-16(4,5)10-14(17)3/h14-15H,6-13,18H2,1-5H3. The summed E-state index contributed by atoms with van der Waals surface area (Å²) in [5, 5.41) is 0. The lowest BCUT2D eigenvalue weighted by atomic mass is 9.85. The normalized spacial score (nSPS) is 38.0. The van der Waals surface area contributed by atoms with Gasteiger partial charge in [0.25, 0.3) is 0 Å². The molecule has 0 aromatic carbocycles. The van der Waals surface area contributed by atoms with Crippen molar-refractivity contribution >= 4 is 0 Å². The predicted molar refractivity (Wildman–Crippen MR) is 86.9 cm³/mol. The Kier molecular flexibility index (Phi) is 4.83. The zero-order valence-electron chi connectivity index (χ0n) is 14.3. The number of hydrogen-bond acceptors (Lipinski definition) is 3. The van der Waals surface area contributed by atoms with Crippen molar-refractivity contribution in [3.8, 4) is 0 Å². The van der Waals surface area contributed by atoms with Crippen LogP contribution >= 0.6 is 0 Å². The summed E-state index contributed by atoms with van der Waals surface area (Å²) in [4.78, 5) is 5.37. The lowest BCUT2D eigenvalue weighted by molar-refractivity contribution is 0.0736. The molecule has 20 heavy (non-hydrogen) atoms. The van der Waals surface area contributed by atoms with Gasteiger partial charge in [0.1, 0.15) is 0 Å². The van der Waals surface area contributed by atoms with Crippen LogP contribution in [0.5, 0.6) is 0 Å². The van der Waals surface area contributed by atoms with Gasteiger partial charge in [-0.05, 0) is 43.7 Å². The van der Waals surface area contributed by atoms with Gasteiger partial charge >= 0.3 is 0 Å². The molecule has 1 saturated carbocycles. The van der Waals surface area contributed by atoms with E-state index in [1.165, 1.54) is 45.4 Å². The van der Waals surface area contributed by atoms with Crippen LogP contribution in [0.15, 0.2) is 0 Å². The van der Waals surface area contributed by atoms with Crippen LogP contribution in [-0.4, -0.2) is 54.1 Å². The van der Waals surface area contributed by atoms with E-state index in [0.29, 0.717) is 5.41 Å². The molecule has 3 unspecified atom stereocenters. The third kappa shape index (κ3) is 2.77. The SMILES string of the molecule is CCN(CC)C1CCN(C2(CN)CC(C)(C)CC2C)C1. The Morgan fingerprint density at radius 1 is 1.25 bits per heavy atom. The lowest BCUT2D eigenvalue weighted by Gasteiger charge is -2.43. The average Bonchev–Trinajstić information content (AvgIpc) is 2.94. The van der Waals surface area contributed by atoms with Gasteiger partial charge in [0.05, 0.1) is 0 Å². The topological polar surface area (TPSA) is 32.5 Å². The summed E-state index contributed by atoms with van der Waals surface area (Å²) in [6.07, 6.45) is 3.90. The molecule has 1 saturated heterocycles. The minimum absolute atomic E-state index is 0.255. The molecule has 1 aliphatic heterocycles. The third-order valence-corrected chi connectivity index (χ3v) is 6.04. The van der Waals surface area contributed by atoms with Crippen LogP contribution < -0.4 is 5.73 Å². The maximum Gasteiger partial charge on any atom is 0.0363 e. The predicted octanol–water partition coefficient (Wildman–Crippen LogP) is 2.56. The fourth-order valence-corrected chi connectivity index (χ4v) is 5.10. The molecule has 2 rings (SSSR count). The molecule has 3 heteroatoms. The smallest absolute Gasteiger partial charge is 0.0363 e.